The van der Waals surface area contributed by atoms with Crippen LogP contribution in [-0.4, -0.2) is 14.3 Å². The number of nitrogens with two attached hydrogens (primary N) is 1. The smallest absolute Gasteiger partial charge is 0.261 e. The van der Waals surface area contributed by atoms with E-state index in [1.807, 2.05) is 30.3 Å². The Balaban J connectivity index is 1.98. The van der Waals surface area contributed by atoms with Crippen molar-refractivity contribution in [1.82, 2.24) is 0 Å². The summed E-state index contributed by atoms with van der Waals surface area (Å²) in [4.78, 5) is 11.1. The van der Waals surface area contributed by atoms with Crippen LogP contribution >= 0.6 is 0 Å². The summed E-state index contributed by atoms with van der Waals surface area (Å²) >= 11 is 0. The van der Waals surface area contributed by atoms with Crippen LogP contribution in [0.4, 0.5) is 5.69 Å². The van der Waals surface area contributed by atoms with Gasteiger partial charge in [0.25, 0.3) is 10.0 Å². The maximum atomic E-state index is 12.5. The van der Waals surface area contributed by atoms with E-state index in [1.165, 1.54) is 24.3 Å². The molecule has 0 heterocycles. The fourth-order valence-electron chi connectivity index (χ4n) is 2.32. The van der Waals surface area contributed by atoms with Crippen molar-refractivity contribution in [2.75, 3.05) is 4.72 Å². The van der Waals surface area contributed by atoms with Crippen molar-refractivity contribution in [1.29, 1.82) is 0 Å². The standard InChI is InChI=1S/C17H14N2O3S/c18-17(20)13-8-10-14(11-9-13)23(21,22)19-16-7-3-5-12-4-1-2-6-15(12)16/h1-11,19H,(H2,18,20). The molecule has 0 atom stereocenters. The van der Waals surface area contributed by atoms with Crippen molar-refractivity contribution >= 4 is 32.4 Å². The topological polar surface area (TPSA) is 89.3 Å². The number of carbonyl (C=O) groups is 1. The number of amides is 1. The van der Waals surface area contributed by atoms with Gasteiger partial charge in [0.15, 0.2) is 0 Å². The van der Waals surface area contributed by atoms with Gasteiger partial charge in [-0.2, -0.15) is 0 Å². The van der Waals surface area contributed by atoms with Crippen molar-refractivity contribution in [3.05, 3.63) is 72.3 Å². The number of anilines is 1. The van der Waals surface area contributed by atoms with E-state index < -0.39 is 15.9 Å². The van der Waals surface area contributed by atoms with Gasteiger partial charge in [0, 0.05) is 10.9 Å². The molecule has 0 fully saturated rings. The fraction of sp³-hybridized carbons (Fsp3) is 0. The lowest BCUT2D eigenvalue weighted by atomic mass is 10.1. The molecule has 0 spiro atoms. The van der Waals surface area contributed by atoms with Crippen molar-refractivity contribution in [2.45, 2.75) is 4.90 Å². The molecule has 0 aliphatic rings. The molecule has 3 rings (SSSR count). The number of nitrogens with one attached hydrogen (secondary N) is 1. The van der Waals surface area contributed by atoms with Gasteiger partial charge >= 0.3 is 0 Å². The SMILES string of the molecule is NC(=O)c1ccc(S(=O)(=O)Nc2cccc3ccccc23)cc1. The molecule has 0 aromatic heterocycles. The highest BCUT2D eigenvalue weighted by Gasteiger charge is 2.15. The van der Waals surface area contributed by atoms with Crippen LogP contribution in [0.2, 0.25) is 0 Å². The Hall–Kier alpha value is -2.86. The summed E-state index contributed by atoms with van der Waals surface area (Å²) in [5, 5.41) is 1.75. The van der Waals surface area contributed by atoms with Crippen LogP contribution in [0.15, 0.2) is 71.6 Å². The Kier molecular flexibility index (Phi) is 3.75. The minimum Gasteiger partial charge on any atom is -0.366 e. The second kappa shape index (κ2) is 5.73. The van der Waals surface area contributed by atoms with E-state index in [2.05, 4.69) is 4.72 Å². The van der Waals surface area contributed by atoms with Crippen LogP contribution in [0.5, 0.6) is 0 Å². The van der Waals surface area contributed by atoms with Crippen LogP contribution in [-0.2, 0) is 10.0 Å². The van der Waals surface area contributed by atoms with Crippen molar-refractivity contribution < 1.29 is 13.2 Å². The van der Waals surface area contributed by atoms with Gasteiger partial charge in [-0.25, -0.2) is 8.42 Å². The van der Waals surface area contributed by atoms with E-state index in [1.54, 1.807) is 12.1 Å². The largest absolute Gasteiger partial charge is 0.366 e. The number of hydrogen-bond donors (Lipinski definition) is 2. The van der Waals surface area contributed by atoms with E-state index in [4.69, 9.17) is 5.73 Å². The van der Waals surface area contributed by atoms with Crippen LogP contribution < -0.4 is 10.5 Å². The van der Waals surface area contributed by atoms with Gasteiger partial charge in [-0.05, 0) is 35.7 Å². The average Bonchev–Trinajstić information content (AvgIpc) is 2.55. The lowest BCUT2D eigenvalue weighted by molar-refractivity contribution is 0.1000. The first kappa shape index (κ1) is 15.1. The summed E-state index contributed by atoms with van der Waals surface area (Å²) in [6.07, 6.45) is 0. The molecule has 0 saturated heterocycles. The molecule has 1 amide bonds. The zero-order valence-corrected chi connectivity index (χ0v) is 12.9. The lowest BCUT2D eigenvalue weighted by Gasteiger charge is -2.11. The van der Waals surface area contributed by atoms with E-state index in [-0.39, 0.29) is 10.5 Å². The molecule has 3 N–H and O–H groups in total. The van der Waals surface area contributed by atoms with Crippen LogP contribution in [0, 0.1) is 0 Å². The molecule has 23 heavy (non-hydrogen) atoms. The van der Waals surface area contributed by atoms with Gasteiger partial charge in [0.1, 0.15) is 0 Å². The van der Waals surface area contributed by atoms with E-state index in [9.17, 15) is 13.2 Å². The third-order valence-electron chi connectivity index (χ3n) is 3.48. The minimum atomic E-state index is -3.75. The zero-order valence-electron chi connectivity index (χ0n) is 12.1. The monoisotopic (exact) mass is 326 g/mol. The first-order valence-corrected chi connectivity index (χ1v) is 8.36. The lowest BCUT2D eigenvalue weighted by Crippen LogP contribution is -2.14. The maximum Gasteiger partial charge on any atom is 0.261 e. The molecule has 3 aromatic carbocycles. The highest BCUT2D eigenvalue weighted by molar-refractivity contribution is 7.92. The molecular weight excluding hydrogens is 312 g/mol. The minimum absolute atomic E-state index is 0.0652. The molecule has 0 radical (unpaired) electrons. The number of hydrogen-bond acceptors (Lipinski definition) is 3. The Labute approximate surface area is 133 Å². The van der Waals surface area contributed by atoms with E-state index in [0.29, 0.717) is 5.69 Å². The molecule has 6 heteroatoms. The molecule has 0 bridgehead atoms. The summed E-state index contributed by atoms with van der Waals surface area (Å²) in [5.74, 6) is -0.601. The predicted octanol–water partition coefficient (Wildman–Crippen LogP) is 2.74. The van der Waals surface area contributed by atoms with Gasteiger partial charge in [-0.3, -0.25) is 9.52 Å². The zero-order chi connectivity index (χ0) is 16.4. The highest BCUT2D eigenvalue weighted by Crippen LogP contribution is 2.25. The molecule has 116 valence electrons. The first-order valence-electron chi connectivity index (χ1n) is 6.88. The molecule has 5 nitrogen and oxygen atoms in total. The Morgan fingerprint density at radius 2 is 1.52 bits per heavy atom. The summed E-state index contributed by atoms with van der Waals surface area (Å²) in [5.41, 5.74) is 5.92. The number of rotatable bonds is 4. The number of fused-ring (bicyclic) bond motifs is 1. The van der Waals surface area contributed by atoms with Gasteiger partial charge in [-0.1, -0.05) is 36.4 Å². The normalized spacial score (nSPS) is 11.3. The number of sulfonamides is 1. The highest BCUT2D eigenvalue weighted by atomic mass is 32.2. The van der Waals surface area contributed by atoms with Crippen LogP contribution in [0.25, 0.3) is 10.8 Å². The second-order valence-electron chi connectivity index (χ2n) is 5.02. The maximum absolute atomic E-state index is 12.5. The van der Waals surface area contributed by atoms with Crippen molar-refractivity contribution in [3.8, 4) is 0 Å². The molecule has 0 aliphatic heterocycles. The van der Waals surface area contributed by atoms with Gasteiger partial charge in [-0.15, -0.1) is 0 Å². The van der Waals surface area contributed by atoms with Gasteiger partial charge < -0.3 is 5.73 Å². The van der Waals surface area contributed by atoms with Crippen LogP contribution in [0.3, 0.4) is 0 Å². The number of carbonyl (C=O) groups excluding carboxylic acids is 1. The molecular formula is C17H14N2O3S. The van der Waals surface area contributed by atoms with Crippen LogP contribution in [0.1, 0.15) is 10.4 Å². The Morgan fingerprint density at radius 1 is 0.870 bits per heavy atom. The number of benzene rings is 3. The Morgan fingerprint density at radius 3 is 2.22 bits per heavy atom. The summed E-state index contributed by atoms with van der Waals surface area (Å²) < 4.78 is 27.6. The molecule has 3 aromatic rings. The molecule has 0 aliphatic carbocycles. The quantitative estimate of drug-likeness (QED) is 0.772. The summed E-state index contributed by atoms with van der Waals surface area (Å²) in [6.45, 7) is 0. The number of primary amides is 1. The first-order chi connectivity index (χ1) is 11.0. The fourth-order valence-corrected chi connectivity index (χ4v) is 3.40. The predicted molar refractivity (Wildman–Crippen MR) is 89.7 cm³/mol. The van der Waals surface area contributed by atoms with Gasteiger partial charge in [0.2, 0.25) is 5.91 Å². The van der Waals surface area contributed by atoms with Crippen molar-refractivity contribution in [3.63, 3.8) is 0 Å². The van der Waals surface area contributed by atoms with E-state index >= 15 is 0 Å². The summed E-state index contributed by atoms with van der Waals surface area (Å²) in [7, 11) is -3.75. The average molecular weight is 326 g/mol. The van der Waals surface area contributed by atoms with Gasteiger partial charge in [0.05, 0.1) is 10.6 Å². The Bertz CT molecular complexity index is 975. The summed E-state index contributed by atoms with van der Waals surface area (Å²) in [6, 6.07) is 18.4. The van der Waals surface area contributed by atoms with E-state index in [0.717, 1.165) is 10.8 Å². The third kappa shape index (κ3) is 3.02. The molecule has 0 unspecified atom stereocenters. The second-order valence-corrected chi connectivity index (χ2v) is 6.70. The third-order valence-corrected chi connectivity index (χ3v) is 4.86. The molecule has 0 saturated carbocycles. The van der Waals surface area contributed by atoms with Crippen molar-refractivity contribution in [2.24, 2.45) is 5.73 Å².